The highest BCUT2D eigenvalue weighted by molar-refractivity contribution is 6.74. The fraction of sp³-hybridized carbons (Fsp3) is 0.714. The first-order chi connectivity index (χ1) is 12.6. The van der Waals surface area contributed by atoms with Crippen molar-refractivity contribution in [3.63, 3.8) is 0 Å². The Bertz CT molecular complexity index is 592. The molecule has 1 aliphatic heterocycles. The van der Waals surface area contributed by atoms with Gasteiger partial charge < -0.3 is 25.3 Å². The van der Waals surface area contributed by atoms with Crippen LogP contribution in [0.4, 0.5) is 11.4 Å². The summed E-state index contributed by atoms with van der Waals surface area (Å²) in [5.74, 6) is 0. The third kappa shape index (κ3) is 6.49. The van der Waals surface area contributed by atoms with Crippen LogP contribution in [0.5, 0.6) is 0 Å². The zero-order valence-corrected chi connectivity index (χ0v) is 19.3. The van der Waals surface area contributed by atoms with Crippen molar-refractivity contribution in [2.75, 3.05) is 57.0 Å². The number of hydrogen-bond donors (Lipinski definition) is 2. The van der Waals surface area contributed by atoms with E-state index in [-0.39, 0.29) is 5.04 Å². The van der Waals surface area contributed by atoms with Crippen molar-refractivity contribution >= 4 is 19.7 Å². The highest BCUT2D eigenvalue weighted by atomic mass is 28.4. The number of piperazine rings is 1. The normalized spacial score (nSPS) is 16.7. The molecule has 0 spiro atoms. The smallest absolute Gasteiger partial charge is 0.191 e. The summed E-state index contributed by atoms with van der Waals surface area (Å²) in [5.41, 5.74) is 9.51. The van der Waals surface area contributed by atoms with E-state index in [2.05, 4.69) is 68.2 Å². The average Bonchev–Trinajstić information content (AvgIpc) is 2.58. The number of likely N-dealkylation sites (N-methyl/N-ethyl adjacent to an activating group) is 1. The Morgan fingerprint density at radius 1 is 1.15 bits per heavy atom. The quantitative estimate of drug-likeness (QED) is 0.403. The van der Waals surface area contributed by atoms with E-state index < -0.39 is 8.32 Å². The minimum Gasteiger partial charge on any atom is -0.417 e. The molecule has 6 heteroatoms. The van der Waals surface area contributed by atoms with Crippen molar-refractivity contribution < 1.29 is 4.43 Å². The number of nitrogen functional groups attached to an aromatic ring is 1. The van der Waals surface area contributed by atoms with E-state index >= 15 is 0 Å². The van der Waals surface area contributed by atoms with Gasteiger partial charge in [0.25, 0.3) is 0 Å². The van der Waals surface area contributed by atoms with Gasteiger partial charge in [0.05, 0.1) is 0 Å². The first kappa shape index (κ1) is 22.2. The molecule has 3 N–H and O–H groups in total. The van der Waals surface area contributed by atoms with Crippen molar-refractivity contribution in [3.8, 4) is 0 Å². The van der Waals surface area contributed by atoms with E-state index in [1.165, 1.54) is 11.3 Å². The van der Waals surface area contributed by atoms with Crippen molar-refractivity contribution in [1.29, 1.82) is 0 Å². The van der Waals surface area contributed by atoms with Crippen molar-refractivity contribution in [2.24, 2.45) is 0 Å². The van der Waals surface area contributed by atoms with Gasteiger partial charge in [0.2, 0.25) is 0 Å². The number of nitrogens with two attached hydrogens (primary N) is 1. The molecule has 0 aromatic heterocycles. The van der Waals surface area contributed by atoms with Crippen LogP contribution in [-0.4, -0.2) is 59.6 Å². The number of hydrogen-bond acceptors (Lipinski definition) is 5. The molecular weight excluding hydrogens is 352 g/mol. The Morgan fingerprint density at radius 2 is 1.81 bits per heavy atom. The molecule has 1 fully saturated rings. The third-order valence-electron chi connectivity index (χ3n) is 6.03. The fourth-order valence-electron chi connectivity index (χ4n) is 3.07. The molecule has 0 unspecified atom stereocenters. The monoisotopic (exact) mass is 392 g/mol. The lowest BCUT2D eigenvalue weighted by atomic mass is 10.1. The molecule has 154 valence electrons. The first-order valence-electron chi connectivity index (χ1n) is 10.3. The van der Waals surface area contributed by atoms with Crippen molar-refractivity contribution in [2.45, 2.75) is 51.9 Å². The third-order valence-corrected chi connectivity index (χ3v) is 10.6. The molecule has 0 amide bonds. The van der Waals surface area contributed by atoms with Gasteiger partial charge in [-0.1, -0.05) is 20.8 Å². The lowest BCUT2D eigenvalue weighted by Crippen LogP contribution is -2.45. The minimum atomic E-state index is -1.63. The average molecular weight is 393 g/mol. The van der Waals surface area contributed by atoms with Crippen LogP contribution in [-0.2, 0) is 11.0 Å². The van der Waals surface area contributed by atoms with Gasteiger partial charge in [0, 0.05) is 50.7 Å². The highest BCUT2D eigenvalue weighted by Crippen LogP contribution is 2.36. The van der Waals surface area contributed by atoms with E-state index in [1.807, 2.05) is 6.07 Å². The van der Waals surface area contributed by atoms with Crippen LogP contribution in [0.15, 0.2) is 18.2 Å². The van der Waals surface area contributed by atoms with Crippen LogP contribution in [0.3, 0.4) is 0 Å². The van der Waals surface area contributed by atoms with Gasteiger partial charge in [-0.15, -0.1) is 0 Å². The molecule has 0 saturated carbocycles. The largest absolute Gasteiger partial charge is 0.417 e. The van der Waals surface area contributed by atoms with Crippen molar-refractivity contribution in [1.82, 2.24) is 10.2 Å². The topological polar surface area (TPSA) is 53.8 Å². The van der Waals surface area contributed by atoms with Gasteiger partial charge in [-0.05, 0) is 61.9 Å². The molecule has 1 saturated heterocycles. The molecule has 27 heavy (non-hydrogen) atoms. The van der Waals surface area contributed by atoms with Gasteiger partial charge in [-0.2, -0.15) is 0 Å². The van der Waals surface area contributed by atoms with Gasteiger partial charge >= 0.3 is 0 Å². The predicted molar refractivity (Wildman–Crippen MR) is 120 cm³/mol. The number of nitrogens with zero attached hydrogens (tertiary/aromatic N) is 2. The van der Waals surface area contributed by atoms with E-state index in [4.69, 9.17) is 10.2 Å². The summed E-state index contributed by atoms with van der Waals surface area (Å²) in [6, 6.07) is 6.31. The lowest BCUT2D eigenvalue weighted by Gasteiger charge is -2.36. The zero-order valence-electron chi connectivity index (χ0n) is 18.3. The Morgan fingerprint density at radius 3 is 2.44 bits per heavy atom. The summed E-state index contributed by atoms with van der Waals surface area (Å²) in [4.78, 5) is 4.87. The Balaban J connectivity index is 1.81. The van der Waals surface area contributed by atoms with Crippen LogP contribution in [0, 0.1) is 0 Å². The fourth-order valence-corrected chi connectivity index (χ4v) is 4.15. The number of benzene rings is 1. The van der Waals surface area contributed by atoms with Crippen LogP contribution in [0.25, 0.3) is 0 Å². The summed E-state index contributed by atoms with van der Waals surface area (Å²) in [5, 5.41) is 3.86. The molecule has 0 atom stereocenters. The Kier molecular flexibility index (Phi) is 7.74. The Labute approximate surface area is 167 Å². The maximum atomic E-state index is 6.26. The van der Waals surface area contributed by atoms with E-state index in [0.29, 0.717) is 0 Å². The van der Waals surface area contributed by atoms with Gasteiger partial charge in [0.1, 0.15) is 0 Å². The first-order valence-corrected chi connectivity index (χ1v) is 13.2. The highest BCUT2D eigenvalue weighted by Gasteiger charge is 2.36. The molecule has 0 bridgehead atoms. The number of anilines is 2. The van der Waals surface area contributed by atoms with Gasteiger partial charge in [-0.25, -0.2) is 0 Å². The van der Waals surface area contributed by atoms with Gasteiger partial charge in [-0.3, -0.25) is 0 Å². The van der Waals surface area contributed by atoms with Crippen molar-refractivity contribution in [3.05, 3.63) is 23.8 Å². The standard InChI is InChI=1S/C21H40N4OSi/c1-21(2,3)27(5,6)26-15-7-10-23-17-18-16-19(22)8-9-20(18)25-13-11-24(4)12-14-25/h8-9,16,23H,7,10-15,17,22H2,1-6H3. The maximum Gasteiger partial charge on any atom is 0.191 e. The molecule has 1 aromatic rings. The maximum absolute atomic E-state index is 6.26. The lowest BCUT2D eigenvalue weighted by molar-refractivity contribution is 0.280. The molecule has 5 nitrogen and oxygen atoms in total. The summed E-state index contributed by atoms with van der Waals surface area (Å²) in [7, 11) is 0.561. The van der Waals surface area contributed by atoms with Crippen LogP contribution >= 0.6 is 0 Å². The predicted octanol–water partition coefficient (Wildman–Crippen LogP) is 3.52. The van der Waals surface area contributed by atoms with Crippen LogP contribution in [0.1, 0.15) is 32.8 Å². The second kappa shape index (κ2) is 9.41. The molecule has 1 aliphatic rings. The Hall–Kier alpha value is -1.08. The van der Waals surface area contributed by atoms with Gasteiger partial charge in [0.15, 0.2) is 8.32 Å². The molecule has 0 aliphatic carbocycles. The second-order valence-electron chi connectivity index (χ2n) is 9.32. The summed E-state index contributed by atoms with van der Waals surface area (Å²) in [6.45, 7) is 18.5. The molecular formula is C21H40N4OSi. The number of nitrogens with one attached hydrogen (secondary N) is 1. The second-order valence-corrected chi connectivity index (χ2v) is 14.1. The molecule has 2 rings (SSSR count). The van der Waals surface area contributed by atoms with Crippen LogP contribution in [0.2, 0.25) is 18.1 Å². The molecule has 1 heterocycles. The molecule has 0 radical (unpaired) electrons. The van der Waals surface area contributed by atoms with E-state index in [0.717, 1.165) is 58.0 Å². The summed E-state index contributed by atoms with van der Waals surface area (Å²) < 4.78 is 6.26. The number of rotatable bonds is 8. The summed E-state index contributed by atoms with van der Waals surface area (Å²) in [6.07, 6.45) is 1.04. The zero-order chi connectivity index (χ0) is 20.1. The van der Waals surface area contributed by atoms with Crippen LogP contribution < -0.4 is 16.0 Å². The SMILES string of the molecule is CN1CCN(c2ccc(N)cc2CNCCCO[Si](C)(C)C(C)(C)C)CC1. The van der Waals surface area contributed by atoms with E-state index in [1.54, 1.807) is 0 Å². The molecule has 1 aromatic carbocycles. The minimum absolute atomic E-state index is 0.277. The van der Waals surface area contributed by atoms with E-state index in [9.17, 15) is 0 Å². The summed E-state index contributed by atoms with van der Waals surface area (Å²) >= 11 is 0.